The highest BCUT2D eigenvalue weighted by Crippen LogP contribution is 2.08. The van der Waals surface area contributed by atoms with Crippen LogP contribution >= 0.6 is 15.9 Å². The second-order valence-corrected chi connectivity index (χ2v) is 3.24. The lowest BCUT2D eigenvalue weighted by Gasteiger charge is -1.91. The summed E-state index contributed by atoms with van der Waals surface area (Å²) >= 11 is 3.32. The molecule has 0 atom stereocenters. The van der Waals surface area contributed by atoms with E-state index in [-0.39, 0.29) is 5.96 Å². The van der Waals surface area contributed by atoms with Gasteiger partial charge in [-0.15, -0.1) is 5.10 Å². The van der Waals surface area contributed by atoms with Crippen molar-refractivity contribution >= 4 is 28.1 Å². The Hall–Kier alpha value is -1.36. The van der Waals surface area contributed by atoms with Crippen molar-refractivity contribution < 1.29 is 0 Å². The average molecular weight is 241 g/mol. The Morgan fingerprint density at radius 1 is 1.23 bits per heavy atom. The van der Waals surface area contributed by atoms with Gasteiger partial charge in [0.2, 0.25) is 5.96 Å². The third kappa shape index (κ3) is 3.71. The maximum absolute atomic E-state index is 5.09. The predicted molar refractivity (Wildman–Crippen MR) is 57.5 cm³/mol. The van der Waals surface area contributed by atoms with Gasteiger partial charge in [0.1, 0.15) is 0 Å². The van der Waals surface area contributed by atoms with E-state index in [4.69, 9.17) is 11.5 Å². The van der Waals surface area contributed by atoms with Crippen LogP contribution in [0.2, 0.25) is 0 Å². The van der Waals surface area contributed by atoms with Gasteiger partial charge in [0, 0.05) is 4.47 Å². The number of halogens is 1. The molecule has 0 amide bonds. The number of hydrogen-bond donors (Lipinski definition) is 2. The van der Waals surface area contributed by atoms with E-state index in [1.807, 2.05) is 24.3 Å². The van der Waals surface area contributed by atoms with Crippen LogP contribution in [-0.2, 0) is 0 Å². The van der Waals surface area contributed by atoms with Gasteiger partial charge in [-0.25, -0.2) is 0 Å². The highest BCUT2D eigenvalue weighted by molar-refractivity contribution is 9.10. The fourth-order valence-electron chi connectivity index (χ4n) is 0.711. The van der Waals surface area contributed by atoms with Gasteiger partial charge < -0.3 is 11.5 Å². The van der Waals surface area contributed by atoms with Crippen LogP contribution in [0.4, 0.5) is 0 Å². The SMILES string of the molecule is NC(N)=N/N=C\c1ccc(Br)cc1. The van der Waals surface area contributed by atoms with E-state index >= 15 is 0 Å². The van der Waals surface area contributed by atoms with Crippen molar-refractivity contribution in [3.63, 3.8) is 0 Å². The van der Waals surface area contributed by atoms with Gasteiger partial charge in [-0.2, -0.15) is 5.10 Å². The van der Waals surface area contributed by atoms with Crippen molar-refractivity contribution in [1.82, 2.24) is 0 Å². The molecule has 0 aliphatic heterocycles. The molecule has 0 saturated carbocycles. The van der Waals surface area contributed by atoms with Crippen molar-refractivity contribution in [3.05, 3.63) is 34.3 Å². The minimum Gasteiger partial charge on any atom is -0.369 e. The summed E-state index contributed by atoms with van der Waals surface area (Å²) in [6, 6.07) is 7.62. The first-order chi connectivity index (χ1) is 6.18. The second kappa shape index (κ2) is 4.61. The van der Waals surface area contributed by atoms with Gasteiger partial charge in [0.15, 0.2) is 0 Å². The van der Waals surface area contributed by atoms with Crippen LogP contribution in [-0.4, -0.2) is 12.2 Å². The number of rotatable bonds is 2. The smallest absolute Gasteiger partial charge is 0.211 e. The van der Waals surface area contributed by atoms with Crippen LogP contribution < -0.4 is 11.5 Å². The topological polar surface area (TPSA) is 76.8 Å². The number of guanidine groups is 1. The lowest BCUT2D eigenvalue weighted by molar-refractivity contribution is 1.21. The molecule has 0 unspecified atom stereocenters. The van der Waals surface area contributed by atoms with E-state index in [1.54, 1.807) is 6.21 Å². The van der Waals surface area contributed by atoms with Crippen molar-refractivity contribution in [2.45, 2.75) is 0 Å². The molecule has 0 saturated heterocycles. The van der Waals surface area contributed by atoms with E-state index in [0.29, 0.717) is 0 Å². The minimum absolute atomic E-state index is 0.0478. The monoisotopic (exact) mass is 240 g/mol. The zero-order chi connectivity index (χ0) is 9.68. The Bertz CT molecular complexity index is 325. The maximum Gasteiger partial charge on any atom is 0.211 e. The van der Waals surface area contributed by atoms with Gasteiger partial charge in [0.25, 0.3) is 0 Å². The summed E-state index contributed by atoms with van der Waals surface area (Å²) in [7, 11) is 0. The van der Waals surface area contributed by atoms with Crippen LogP contribution in [0.1, 0.15) is 5.56 Å². The van der Waals surface area contributed by atoms with Crippen LogP contribution in [0.3, 0.4) is 0 Å². The average Bonchev–Trinajstić information content (AvgIpc) is 2.08. The summed E-state index contributed by atoms with van der Waals surface area (Å²) in [5, 5.41) is 7.14. The molecular formula is C8H9BrN4. The Kier molecular flexibility index (Phi) is 3.45. The third-order valence-corrected chi connectivity index (χ3v) is 1.78. The van der Waals surface area contributed by atoms with Gasteiger partial charge in [-0.1, -0.05) is 28.1 Å². The maximum atomic E-state index is 5.09. The van der Waals surface area contributed by atoms with E-state index in [9.17, 15) is 0 Å². The molecule has 0 bridgehead atoms. The van der Waals surface area contributed by atoms with Gasteiger partial charge >= 0.3 is 0 Å². The Balaban J connectivity index is 2.70. The summed E-state index contributed by atoms with van der Waals surface area (Å²) < 4.78 is 1.02. The standard InChI is InChI=1S/C8H9BrN4/c9-7-3-1-6(2-4-7)5-12-13-8(10)11/h1-5H,(H4,10,11,13)/b12-5-. The molecule has 0 fully saturated rings. The molecule has 0 spiro atoms. The quantitative estimate of drug-likeness (QED) is 0.461. The highest BCUT2D eigenvalue weighted by Gasteiger charge is 1.86. The summed E-state index contributed by atoms with van der Waals surface area (Å²) in [6.45, 7) is 0. The summed E-state index contributed by atoms with van der Waals surface area (Å²) in [5.41, 5.74) is 11.1. The molecule has 0 heterocycles. The Labute approximate surface area is 84.5 Å². The minimum atomic E-state index is -0.0478. The lowest BCUT2D eigenvalue weighted by Crippen LogP contribution is -2.21. The summed E-state index contributed by atoms with van der Waals surface area (Å²) in [6.07, 6.45) is 1.58. The van der Waals surface area contributed by atoms with Gasteiger partial charge in [-0.3, -0.25) is 0 Å². The normalized spacial score (nSPS) is 10.2. The van der Waals surface area contributed by atoms with Crippen molar-refractivity contribution in [1.29, 1.82) is 0 Å². The van der Waals surface area contributed by atoms with E-state index in [1.165, 1.54) is 0 Å². The second-order valence-electron chi connectivity index (χ2n) is 2.32. The van der Waals surface area contributed by atoms with Crippen LogP contribution in [0.5, 0.6) is 0 Å². The van der Waals surface area contributed by atoms with Crippen LogP contribution in [0.25, 0.3) is 0 Å². The van der Waals surface area contributed by atoms with Crippen LogP contribution in [0, 0.1) is 0 Å². The molecule has 4 nitrogen and oxygen atoms in total. The summed E-state index contributed by atoms with van der Waals surface area (Å²) in [5.74, 6) is -0.0478. The number of nitrogens with zero attached hydrogens (tertiary/aromatic N) is 2. The number of hydrogen-bond acceptors (Lipinski definition) is 2. The van der Waals surface area contributed by atoms with E-state index in [2.05, 4.69) is 26.1 Å². The molecule has 1 aromatic rings. The molecule has 0 aliphatic carbocycles. The first-order valence-corrected chi connectivity index (χ1v) is 4.35. The third-order valence-electron chi connectivity index (χ3n) is 1.25. The highest BCUT2D eigenvalue weighted by atomic mass is 79.9. The molecule has 4 N–H and O–H groups in total. The molecule has 1 rings (SSSR count). The zero-order valence-electron chi connectivity index (χ0n) is 6.81. The molecule has 68 valence electrons. The predicted octanol–water partition coefficient (Wildman–Crippen LogP) is 1.06. The van der Waals surface area contributed by atoms with Crippen molar-refractivity contribution in [3.8, 4) is 0 Å². The zero-order valence-corrected chi connectivity index (χ0v) is 8.40. The molecule has 0 aromatic heterocycles. The molecule has 1 aromatic carbocycles. The van der Waals surface area contributed by atoms with Crippen LogP contribution in [0.15, 0.2) is 38.9 Å². The first-order valence-electron chi connectivity index (χ1n) is 3.56. The molecule has 5 heteroatoms. The molecule has 13 heavy (non-hydrogen) atoms. The summed E-state index contributed by atoms with van der Waals surface area (Å²) in [4.78, 5) is 0. The Morgan fingerprint density at radius 3 is 2.38 bits per heavy atom. The molecule has 0 aliphatic rings. The Morgan fingerprint density at radius 2 is 1.85 bits per heavy atom. The first kappa shape index (κ1) is 9.73. The largest absolute Gasteiger partial charge is 0.369 e. The van der Waals surface area contributed by atoms with E-state index in [0.717, 1.165) is 10.0 Å². The van der Waals surface area contributed by atoms with Gasteiger partial charge in [0.05, 0.1) is 6.21 Å². The molecular weight excluding hydrogens is 232 g/mol. The fraction of sp³-hybridized carbons (Fsp3) is 0. The fourth-order valence-corrected chi connectivity index (χ4v) is 0.975. The lowest BCUT2D eigenvalue weighted by atomic mass is 10.2. The van der Waals surface area contributed by atoms with Crippen molar-refractivity contribution in [2.24, 2.45) is 21.7 Å². The van der Waals surface area contributed by atoms with E-state index < -0.39 is 0 Å². The van der Waals surface area contributed by atoms with Crippen molar-refractivity contribution in [2.75, 3.05) is 0 Å². The molecule has 0 radical (unpaired) electrons. The number of nitrogens with two attached hydrogens (primary N) is 2. The van der Waals surface area contributed by atoms with Gasteiger partial charge in [-0.05, 0) is 17.7 Å². The number of benzene rings is 1.